The van der Waals surface area contributed by atoms with Gasteiger partial charge in [-0.3, -0.25) is 4.79 Å². The molecule has 0 atom stereocenters. The number of hydrogen-bond acceptors (Lipinski definition) is 3. The van der Waals surface area contributed by atoms with Crippen LogP contribution in [0.15, 0.2) is 60.7 Å². The van der Waals surface area contributed by atoms with Gasteiger partial charge in [0.25, 0.3) is 5.91 Å². The average molecular weight is 413 g/mol. The molecule has 1 N–H and O–H groups in total. The number of nitrogens with one attached hydrogen (secondary N) is 1. The van der Waals surface area contributed by atoms with Gasteiger partial charge in [0.1, 0.15) is 0 Å². The number of hydrogen-bond donors (Lipinski definition) is 1. The first kappa shape index (κ1) is 18.0. The maximum Gasteiger partial charge on any atom is 0.256 e. The van der Waals surface area contributed by atoms with Gasteiger partial charge >= 0.3 is 0 Å². The number of para-hydroxylation sites is 1. The van der Waals surface area contributed by atoms with Crippen LogP contribution in [0.1, 0.15) is 15.2 Å². The third-order valence-electron chi connectivity index (χ3n) is 4.07. The highest BCUT2D eigenvalue weighted by Crippen LogP contribution is 2.30. The van der Waals surface area contributed by atoms with E-state index in [0.717, 1.165) is 21.5 Å². The molecule has 0 bridgehead atoms. The number of amides is 1. The molecule has 2 heterocycles. The Balaban J connectivity index is 1.80. The summed E-state index contributed by atoms with van der Waals surface area (Å²) in [6.07, 6.45) is 0. The van der Waals surface area contributed by atoms with Crippen molar-refractivity contribution < 1.29 is 4.79 Å². The number of aromatic nitrogens is 1. The number of benzene rings is 2. The molecular weight excluding hydrogens is 399 g/mol. The maximum atomic E-state index is 13.0. The maximum absolute atomic E-state index is 13.0. The lowest BCUT2D eigenvalue weighted by Crippen LogP contribution is -2.13. The largest absolute Gasteiger partial charge is 0.322 e. The number of pyridine rings is 1. The number of aryl methyl sites for hydroxylation is 1. The van der Waals surface area contributed by atoms with Gasteiger partial charge in [0.2, 0.25) is 0 Å². The minimum Gasteiger partial charge on any atom is -0.322 e. The highest BCUT2D eigenvalue weighted by molar-refractivity contribution is 7.15. The molecule has 27 heavy (non-hydrogen) atoms. The number of thiophene rings is 1. The van der Waals surface area contributed by atoms with Gasteiger partial charge in [-0.2, -0.15) is 0 Å². The van der Waals surface area contributed by atoms with E-state index < -0.39 is 0 Å². The minimum atomic E-state index is -0.235. The highest BCUT2D eigenvalue weighted by Gasteiger charge is 2.15. The van der Waals surface area contributed by atoms with Crippen LogP contribution in [0.3, 0.4) is 0 Å². The third kappa shape index (κ3) is 3.83. The van der Waals surface area contributed by atoms with Gasteiger partial charge < -0.3 is 5.32 Å². The molecule has 0 radical (unpaired) electrons. The molecule has 0 aliphatic carbocycles. The summed E-state index contributed by atoms with van der Waals surface area (Å²) in [4.78, 5) is 20.0. The van der Waals surface area contributed by atoms with Crippen LogP contribution in [0.4, 0.5) is 5.69 Å². The molecule has 0 spiro atoms. The first-order valence-corrected chi connectivity index (χ1v) is 9.81. The number of carbonyl (C=O) groups excluding carboxylic acids is 1. The van der Waals surface area contributed by atoms with E-state index in [2.05, 4.69) is 5.32 Å². The fourth-order valence-corrected chi connectivity index (χ4v) is 4.24. The zero-order chi connectivity index (χ0) is 19.0. The van der Waals surface area contributed by atoms with Crippen molar-refractivity contribution in [1.29, 1.82) is 0 Å². The molecule has 3 nitrogen and oxygen atoms in total. The van der Waals surface area contributed by atoms with Crippen LogP contribution < -0.4 is 5.32 Å². The number of rotatable bonds is 3. The number of carbonyl (C=O) groups is 1. The number of halogens is 2. The Kier molecular flexibility index (Phi) is 4.87. The topological polar surface area (TPSA) is 42.0 Å². The summed E-state index contributed by atoms with van der Waals surface area (Å²) in [5.41, 5.74) is 2.65. The molecule has 6 heteroatoms. The summed E-state index contributed by atoms with van der Waals surface area (Å²) >= 11 is 13.7. The Morgan fingerprint density at radius 1 is 1.00 bits per heavy atom. The fourth-order valence-electron chi connectivity index (χ4n) is 2.89. The predicted octanol–water partition coefficient (Wildman–Crippen LogP) is 6.83. The van der Waals surface area contributed by atoms with Crippen molar-refractivity contribution in [3.05, 3.63) is 81.1 Å². The fraction of sp³-hybridized carbons (Fsp3) is 0.0476. The average Bonchev–Trinajstić information content (AvgIpc) is 3.06. The second kappa shape index (κ2) is 7.31. The number of anilines is 1. The predicted molar refractivity (Wildman–Crippen MR) is 114 cm³/mol. The van der Waals surface area contributed by atoms with Gasteiger partial charge in [-0.1, -0.05) is 41.4 Å². The van der Waals surface area contributed by atoms with Crippen LogP contribution in [0.2, 0.25) is 10.0 Å². The summed E-state index contributed by atoms with van der Waals surface area (Å²) in [6, 6.07) is 18.5. The van der Waals surface area contributed by atoms with Gasteiger partial charge in [-0.15, -0.1) is 11.3 Å². The quantitative estimate of drug-likeness (QED) is 0.400. The molecule has 0 saturated heterocycles. The van der Waals surface area contributed by atoms with Gasteiger partial charge in [-0.05, 0) is 49.4 Å². The zero-order valence-electron chi connectivity index (χ0n) is 14.3. The standard InChI is InChI=1S/C21H14Cl2N2OS/c1-12-6-7-20(27-12)19-11-17(16-4-2-3-5-18(16)25-19)21(26)24-15-9-13(22)8-14(23)10-15/h2-11H,1H3,(H,24,26). The van der Waals surface area contributed by atoms with Gasteiger partial charge in [0.05, 0.1) is 21.7 Å². The van der Waals surface area contributed by atoms with Crippen molar-refractivity contribution in [2.45, 2.75) is 6.92 Å². The van der Waals surface area contributed by atoms with Crippen molar-refractivity contribution >= 4 is 57.0 Å². The molecule has 2 aromatic heterocycles. The van der Waals surface area contributed by atoms with Crippen LogP contribution in [0.25, 0.3) is 21.5 Å². The van der Waals surface area contributed by atoms with Gasteiger partial charge in [0.15, 0.2) is 0 Å². The van der Waals surface area contributed by atoms with E-state index in [0.29, 0.717) is 21.3 Å². The van der Waals surface area contributed by atoms with Gasteiger partial charge in [0, 0.05) is 26.0 Å². The van der Waals surface area contributed by atoms with Crippen molar-refractivity contribution in [2.24, 2.45) is 0 Å². The molecule has 4 aromatic rings. The molecule has 0 saturated carbocycles. The summed E-state index contributed by atoms with van der Waals surface area (Å²) < 4.78 is 0. The smallest absolute Gasteiger partial charge is 0.256 e. The molecule has 134 valence electrons. The molecule has 0 aliphatic rings. The highest BCUT2D eigenvalue weighted by atomic mass is 35.5. The van der Waals surface area contributed by atoms with E-state index in [-0.39, 0.29) is 5.91 Å². The normalized spacial score (nSPS) is 10.9. The summed E-state index contributed by atoms with van der Waals surface area (Å²) in [6.45, 7) is 2.05. The van der Waals surface area contributed by atoms with E-state index in [4.69, 9.17) is 28.2 Å². The number of nitrogens with zero attached hydrogens (tertiary/aromatic N) is 1. The van der Waals surface area contributed by atoms with Crippen LogP contribution >= 0.6 is 34.5 Å². The molecule has 0 aliphatic heterocycles. The van der Waals surface area contributed by atoms with E-state index in [1.807, 2.05) is 49.4 Å². The summed E-state index contributed by atoms with van der Waals surface area (Å²) in [5.74, 6) is -0.235. The Bertz CT molecular complexity index is 1150. The summed E-state index contributed by atoms with van der Waals surface area (Å²) in [5, 5.41) is 4.61. The van der Waals surface area contributed by atoms with E-state index in [1.165, 1.54) is 4.88 Å². The van der Waals surface area contributed by atoms with Crippen LogP contribution in [-0.2, 0) is 0 Å². The van der Waals surface area contributed by atoms with Crippen LogP contribution in [0, 0.1) is 6.92 Å². The molecule has 1 amide bonds. The molecule has 0 unspecified atom stereocenters. The van der Waals surface area contributed by atoms with Crippen molar-refractivity contribution in [3.8, 4) is 10.6 Å². The SMILES string of the molecule is Cc1ccc(-c2cc(C(=O)Nc3cc(Cl)cc(Cl)c3)c3ccccc3n2)s1. The minimum absolute atomic E-state index is 0.235. The monoisotopic (exact) mass is 412 g/mol. The second-order valence-electron chi connectivity index (χ2n) is 6.09. The van der Waals surface area contributed by atoms with E-state index in [1.54, 1.807) is 29.5 Å². The summed E-state index contributed by atoms with van der Waals surface area (Å²) in [7, 11) is 0. The Morgan fingerprint density at radius 2 is 1.74 bits per heavy atom. The first-order chi connectivity index (χ1) is 13.0. The molecule has 0 fully saturated rings. The lowest BCUT2D eigenvalue weighted by molar-refractivity contribution is 0.102. The first-order valence-electron chi connectivity index (χ1n) is 8.23. The Morgan fingerprint density at radius 3 is 2.44 bits per heavy atom. The van der Waals surface area contributed by atoms with Crippen molar-refractivity contribution in [1.82, 2.24) is 4.98 Å². The number of fused-ring (bicyclic) bond motifs is 1. The van der Waals surface area contributed by atoms with E-state index >= 15 is 0 Å². The lowest BCUT2D eigenvalue weighted by atomic mass is 10.1. The third-order valence-corrected chi connectivity index (χ3v) is 5.53. The van der Waals surface area contributed by atoms with E-state index in [9.17, 15) is 4.79 Å². The Hall–Kier alpha value is -2.40. The van der Waals surface area contributed by atoms with Crippen LogP contribution in [-0.4, -0.2) is 10.9 Å². The Labute approximate surface area is 170 Å². The second-order valence-corrected chi connectivity index (χ2v) is 8.26. The van der Waals surface area contributed by atoms with Gasteiger partial charge in [-0.25, -0.2) is 4.98 Å². The lowest BCUT2D eigenvalue weighted by Gasteiger charge is -2.10. The van der Waals surface area contributed by atoms with Crippen LogP contribution in [0.5, 0.6) is 0 Å². The molecule has 2 aromatic carbocycles. The molecule has 4 rings (SSSR count). The molecular formula is C21H14Cl2N2OS. The van der Waals surface area contributed by atoms with Crippen molar-refractivity contribution in [2.75, 3.05) is 5.32 Å². The van der Waals surface area contributed by atoms with Crippen molar-refractivity contribution in [3.63, 3.8) is 0 Å². The zero-order valence-corrected chi connectivity index (χ0v) is 16.6.